The molecular formula is C20H33N3O5. The lowest BCUT2D eigenvalue weighted by molar-refractivity contribution is 0.00625. The van der Waals surface area contributed by atoms with Gasteiger partial charge < -0.3 is 24.9 Å². The fourth-order valence-corrected chi connectivity index (χ4v) is 3.25. The number of H-pyrrole nitrogens is 1. The topological polar surface area (TPSA) is 104 Å². The molecular weight excluding hydrogens is 362 g/mol. The van der Waals surface area contributed by atoms with Crippen LogP contribution in [0.25, 0.3) is 0 Å². The van der Waals surface area contributed by atoms with Crippen LogP contribution in [0.15, 0.2) is 0 Å². The summed E-state index contributed by atoms with van der Waals surface area (Å²) in [7, 11) is 0. The van der Waals surface area contributed by atoms with Crippen LogP contribution in [0.5, 0.6) is 0 Å². The second-order valence-corrected chi connectivity index (χ2v) is 8.09. The first-order valence-electron chi connectivity index (χ1n) is 9.88. The van der Waals surface area contributed by atoms with Crippen LogP contribution in [0, 0.1) is 6.92 Å². The Bertz CT molecular complexity index is 672. The zero-order valence-corrected chi connectivity index (χ0v) is 17.4. The number of nitrogens with one attached hydrogen (secondary N) is 2. The van der Waals surface area contributed by atoms with Gasteiger partial charge in [-0.2, -0.15) is 0 Å². The monoisotopic (exact) mass is 395 g/mol. The Balaban J connectivity index is 1.87. The zero-order valence-electron chi connectivity index (χ0n) is 17.4. The molecule has 0 unspecified atom stereocenters. The molecule has 0 spiro atoms. The number of nitrogens with zero attached hydrogens (tertiary/aromatic N) is 1. The number of hydrogen-bond donors (Lipinski definition) is 3. The van der Waals surface area contributed by atoms with Crippen molar-refractivity contribution in [2.24, 2.45) is 0 Å². The summed E-state index contributed by atoms with van der Waals surface area (Å²) in [6, 6.07) is 0. The fourth-order valence-electron chi connectivity index (χ4n) is 3.25. The minimum Gasteiger partial charge on any atom is -0.478 e. The van der Waals surface area contributed by atoms with Gasteiger partial charge in [0, 0.05) is 31.9 Å². The van der Waals surface area contributed by atoms with Gasteiger partial charge >= 0.3 is 11.9 Å². The van der Waals surface area contributed by atoms with Crippen LogP contribution in [-0.2, 0) is 15.9 Å². The molecule has 158 valence electrons. The molecule has 1 saturated heterocycles. The third-order valence-corrected chi connectivity index (χ3v) is 4.63. The first-order valence-corrected chi connectivity index (χ1v) is 9.88. The van der Waals surface area contributed by atoms with Crippen LogP contribution in [0.4, 0.5) is 0 Å². The molecule has 1 aromatic rings. The standard InChI is InChI=1S/C20H33N3O5/c1-14-16(18(24)25)15(22-17(14)19(26)28-20(2,3)4)6-5-7-21-8-9-23-10-12-27-13-11-23/h21-22H,5-13H2,1-4H3,(H,24,25). The van der Waals surface area contributed by atoms with Gasteiger partial charge in [0.15, 0.2) is 0 Å². The van der Waals surface area contributed by atoms with E-state index in [1.54, 1.807) is 27.7 Å². The van der Waals surface area contributed by atoms with Crippen LogP contribution in [0.1, 0.15) is 59.3 Å². The molecule has 28 heavy (non-hydrogen) atoms. The van der Waals surface area contributed by atoms with Crippen LogP contribution < -0.4 is 5.32 Å². The summed E-state index contributed by atoms with van der Waals surface area (Å²) in [6.07, 6.45) is 1.33. The normalized spacial score (nSPS) is 15.6. The number of carbonyl (C=O) groups excluding carboxylic acids is 1. The lowest BCUT2D eigenvalue weighted by Crippen LogP contribution is -2.40. The van der Waals surface area contributed by atoms with Crippen molar-refractivity contribution in [1.82, 2.24) is 15.2 Å². The Hall–Kier alpha value is -1.90. The summed E-state index contributed by atoms with van der Waals surface area (Å²) in [5.41, 5.74) is 0.761. The number of aromatic nitrogens is 1. The molecule has 0 atom stereocenters. The number of aryl methyl sites for hydroxylation is 1. The quantitative estimate of drug-likeness (QED) is 0.433. The van der Waals surface area contributed by atoms with E-state index in [0.29, 0.717) is 17.7 Å². The van der Waals surface area contributed by atoms with Gasteiger partial charge in [-0.25, -0.2) is 9.59 Å². The Morgan fingerprint density at radius 1 is 1.25 bits per heavy atom. The molecule has 0 aromatic carbocycles. The molecule has 2 heterocycles. The van der Waals surface area contributed by atoms with Crippen LogP contribution in [0.3, 0.4) is 0 Å². The van der Waals surface area contributed by atoms with Gasteiger partial charge in [0.05, 0.1) is 18.8 Å². The van der Waals surface area contributed by atoms with Crippen molar-refractivity contribution in [3.63, 3.8) is 0 Å². The molecule has 0 aliphatic carbocycles. The van der Waals surface area contributed by atoms with E-state index in [9.17, 15) is 14.7 Å². The molecule has 0 bridgehead atoms. The second kappa shape index (κ2) is 10.0. The van der Waals surface area contributed by atoms with Crippen molar-refractivity contribution in [2.75, 3.05) is 45.9 Å². The van der Waals surface area contributed by atoms with Gasteiger partial charge in [-0.15, -0.1) is 0 Å². The molecule has 0 radical (unpaired) electrons. The third-order valence-electron chi connectivity index (χ3n) is 4.63. The van der Waals surface area contributed by atoms with Crippen molar-refractivity contribution in [2.45, 2.75) is 46.1 Å². The first-order chi connectivity index (χ1) is 13.2. The molecule has 8 heteroatoms. The van der Waals surface area contributed by atoms with Gasteiger partial charge in [-0.1, -0.05) is 0 Å². The maximum absolute atomic E-state index is 12.4. The van der Waals surface area contributed by atoms with Crippen molar-refractivity contribution in [3.8, 4) is 0 Å². The van der Waals surface area contributed by atoms with Crippen LogP contribution >= 0.6 is 0 Å². The Labute approximate surface area is 166 Å². The van der Waals surface area contributed by atoms with E-state index in [0.717, 1.165) is 52.4 Å². The highest BCUT2D eigenvalue weighted by molar-refractivity contribution is 5.97. The molecule has 0 saturated carbocycles. The lowest BCUT2D eigenvalue weighted by atomic mass is 10.1. The van der Waals surface area contributed by atoms with Crippen molar-refractivity contribution in [3.05, 3.63) is 22.5 Å². The van der Waals surface area contributed by atoms with E-state index in [1.165, 1.54) is 0 Å². The Kier molecular flexibility index (Phi) is 8.03. The second-order valence-electron chi connectivity index (χ2n) is 8.09. The van der Waals surface area contributed by atoms with Crippen LogP contribution in [0.2, 0.25) is 0 Å². The lowest BCUT2D eigenvalue weighted by Gasteiger charge is -2.26. The Morgan fingerprint density at radius 2 is 1.93 bits per heavy atom. The number of morpholine rings is 1. The minimum absolute atomic E-state index is 0.175. The predicted molar refractivity (Wildman–Crippen MR) is 106 cm³/mol. The molecule has 0 amide bonds. The molecule has 1 aromatic heterocycles. The van der Waals surface area contributed by atoms with E-state index < -0.39 is 17.5 Å². The number of carboxylic acids is 1. The molecule has 3 N–H and O–H groups in total. The highest BCUT2D eigenvalue weighted by atomic mass is 16.6. The van der Waals surface area contributed by atoms with E-state index in [-0.39, 0.29) is 11.3 Å². The number of aromatic amines is 1. The van der Waals surface area contributed by atoms with Gasteiger partial charge in [0.2, 0.25) is 0 Å². The molecule has 1 aliphatic rings. The molecule has 1 fully saturated rings. The fraction of sp³-hybridized carbons (Fsp3) is 0.700. The van der Waals surface area contributed by atoms with Gasteiger partial charge in [0.1, 0.15) is 11.3 Å². The van der Waals surface area contributed by atoms with Crippen molar-refractivity contribution in [1.29, 1.82) is 0 Å². The van der Waals surface area contributed by atoms with E-state index in [4.69, 9.17) is 9.47 Å². The molecule has 8 nitrogen and oxygen atoms in total. The number of carboxylic acid groups (broad SMARTS) is 1. The smallest absolute Gasteiger partial charge is 0.355 e. The first kappa shape index (κ1) is 22.4. The van der Waals surface area contributed by atoms with E-state index in [1.807, 2.05) is 0 Å². The van der Waals surface area contributed by atoms with Gasteiger partial charge in [-0.05, 0) is 52.6 Å². The average molecular weight is 396 g/mol. The van der Waals surface area contributed by atoms with Crippen molar-refractivity contribution >= 4 is 11.9 Å². The summed E-state index contributed by atoms with van der Waals surface area (Å²) in [5.74, 6) is -1.55. The summed E-state index contributed by atoms with van der Waals surface area (Å²) in [5, 5.41) is 12.9. The number of ether oxygens (including phenoxy) is 2. The summed E-state index contributed by atoms with van der Waals surface area (Å²) in [4.78, 5) is 29.4. The molecule has 2 rings (SSSR count). The molecule has 1 aliphatic heterocycles. The van der Waals surface area contributed by atoms with Gasteiger partial charge in [-0.3, -0.25) is 4.90 Å². The van der Waals surface area contributed by atoms with Crippen LogP contribution in [-0.4, -0.2) is 78.5 Å². The van der Waals surface area contributed by atoms with E-state index in [2.05, 4.69) is 15.2 Å². The minimum atomic E-state index is -1.03. The largest absolute Gasteiger partial charge is 0.478 e. The SMILES string of the molecule is Cc1c(C(=O)OC(C)(C)C)[nH]c(CCCNCCN2CCOCC2)c1C(=O)O. The predicted octanol–water partition coefficient (Wildman–Crippen LogP) is 1.83. The average Bonchev–Trinajstić information content (AvgIpc) is 2.94. The number of aromatic carboxylic acids is 1. The number of rotatable bonds is 9. The van der Waals surface area contributed by atoms with Crippen molar-refractivity contribution < 1.29 is 24.2 Å². The number of esters is 1. The Morgan fingerprint density at radius 3 is 2.54 bits per heavy atom. The highest BCUT2D eigenvalue weighted by Gasteiger charge is 2.26. The zero-order chi connectivity index (χ0) is 20.7. The summed E-state index contributed by atoms with van der Waals surface area (Å²) < 4.78 is 10.7. The third kappa shape index (κ3) is 6.61. The highest BCUT2D eigenvalue weighted by Crippen LogP contribution is 2.22. The van der Waals surface area contributed by atoms with E-state index >= 15 is 0 Å². The maximum atomic E-state index is 12.4. The maximum Gasteiger partial charge on any atom is 0.355 e. The summed E-state index contributed by atoms with van der Waals surface area (Å²) in [6.45, 7) is 13.2. The number of carbonyl (C=O) groups is 2. The van der Waals surface area contributed by atoms with Gasteiger partial charge in [0.25, 0.3) is 0 Å². The number of hydrogen-bond acceptors (Lipinski definition) is 6. The summed E-state index contributed by atoms with van der Waals surface area (Å²) >= 11 is 0.